The van der Waals surface area contributed by atoms with Gasteiger partial charge in [-0.2, -0.15) is 0 Å². The Kier molecular flexibility index (Phi) is 4.82. The number of hydrogen-bond donors (Lipinski definition) is 1. The first-order valence-corrected chi connectivity index (χ1v) is 11.5. The van der Waals surface area contributed by atoms with Gasteiger partial charge in [0.1, 0.15) is 5.78 Å². The molecule has 2 heteroatoms. The second-order valence-corrected chi connectivity index (χ2v) is 11.0. The summed E-state index contributed by atoms with van der Waals surface area (Å²) in [6.45, 7) is 9.85. The lowest BCUT2D eigenvalue weighted by molar-refractivity contribution is -0.168. The number of aliphatic hydroxyl groups is 1. The fourth-order valence-corrected chi connectivity index (χ4v) is 8.64. The van der Waals surface area contributed by atoms with Crippen LogP contribution in [0.2, 0.25) is 0 Å². The van der Waals surface area contributed by atoms with Gasteiger partial charge in [0.05, 0.1) is 6.10 Å². The molecule has 4 rings (SSSR count). The van der Waals surface area contributed by atoms with E-state index in [0.717, 1.165) is 37.5 Å². The van der Waals surface area contributed by atoms with Crippen LogP contribution in [0, 0.1) is 46.3 Å². The maximum Gasteiger partial charge on any atom is 0.133 e. The molecule has 4 aliphatic carbocycles. The van der Waals surface area contributed by atoms with E-state index in [4.69, 9.17) is 0 Å². The molecule has 1 unspecified atom stereocenters. The molecule has 2 nitrogen and oxygen atoms in total. The zero-order valence-electron chi connectivity index (χ0n) is 17.5. The number of rotatable bonds is 3. The Hall–Kier alpha value is -0.370. The van der Waals surface area contributed by atoms with Crippen molar-refractivity contribution in [3.05, 3.63) is 0 Å². The minimum absolute atomic E-state index is 0.172. The quantitative estimate of drug-likeness (QED) is 0.709. The van der Waals surface area contributed by atoms with Gasteiger partial charge >= 0.3 is 0 Å². The lowest BCUT2D eigenvalue weighted by Gasteiger charge is -2.62. The summed E-state index contributed by atoms with van der Waals surface area (Å²) < 4.78 is 0. The number of carbonyl (C=O) groups excluding carboxylic acids is 1. The molecule has 4 fully saturated rings. The first kappa shape index (κ1) is 19.0. The van der Waals surface area contributed by atoms with E-state index in [2.05, 4.69) is 27.7 Å². The van der Waals surface area contributed by atoms with Crippen molar-refractivity contribution in [3.8, 4) is 0 Å². The molecular weight excluding hydrogens is 320 g/mol. The average molecular weight is 361 g/mol. The maximum absolute atomic E-state index is 12.1. The highest BCUT2D eigenvalue weighted by atomic mass is 16.3. The van der Waals surface area contributed by atoms with E-state index in [1.807, 2.05) is 0 Å². The van der Waals surface area contributed by atoms with E-state index < -0.39 is 0 Å². The van der Waals surface area contributed by atoms with Crippen LogP contribution in [-0.4, -0.2) is 17.0 Å². The second kappa shape index (κ2) is 6.61. The number of Topliss-reactive ketones (excluding diaryl/α,β-unsaturated/α-hetero) is 1. The van der Waals surface area contributed by atoms with Gasteiger partial charge in [-0.1, -0.05) is 40.5 Å². The van der Waals surface area contributed by atoms with Crippen molar-refractivity contribution < 1.29 is 9.90 Å². The lowest BCUT2D eigenvalue weighted by Crippen LogP contribution is -2.58. The number of carbonyl (C=O) groups is 1. The summed E-state index contributed by atoms with van der Waals surface area (Å²) in [6, 6.07) is 0. The van der Waals surface area contributed by atoms with Crippen LogP contribution in [0.25, 0.3) is 0 Å². The van der Waals surface area contributed by atoms with Gasteiger partial charge in [0.25, 0.3) is 0 Å². The van der Waals surface area contributed by atoms with Crippen molar-refractivity contribution in [2.75, 3.05) is 0 Å². The van der Waals surface area contributed by atoms with E-state index in [0.29, 0.717) is 40.3 Å². The minimum Gasteiger partial charge on any atom is -0.393 e. The van der Waals surface area contributed by atoms with Crippen molar-refractivity contribution in [2.45, 2.75) is 98.0 Å². The SMILES string of the molecule is CCC[C@@H](C)[C@H]1CC[C@H]2[C@@H]3C(O)C[C@@H]4CC(=O)CC[C@]4(C)[C@H]3CC[C@]12C. The second-order valence-electron chi connectivity index (χ2n) is 11.0. The van der Waals surface area contributed by atoms with E-state index in [9.17, 15) is 9.90 Å². The van der Waals surface area contributed by atoms with Crippen molar-refractivity contribution in [1.29, 1.82) is 0 Å². The van der Waals surface area contributed by atoms with Gasteiger partial charge in [-0.15, -0.1) is 0 Å². The largest absolute Gasteiger partial charge is 0.393 e. The molecular formula is C24H40O2. The minimum atomic E-state index is -0.172. The molecule has 0 aromatic heterocycles. The summed E-state index contributed by atoms with van der Waals surface area (Å²) in [5.41, 5.74) is 0.733. The normalized spacial score (nSPS) is 52.1. The fraction of sp³-hybridized carbons (Fsp3) is 0.958. The highest BCUT2D eigenvalue weighted by Crippen LogP contribution is 2.68. The lowest BCUT2D eigenvalue weighted by atomic mass is 9.44. The molecule has 0 aliphatic heterocycles. The average Bonchev–Trinajstić information content (AvgIpc) is 2.94. The van der Waals surface area contributed by atoms with E-state index >= 15 is 0 Å². The summed E-state index contributed by atoms with van der Waals surface area (Å²) in [5.74, 6) is 4.37. The van der Waals surface area contributed by atoms with Crippen LogP contribution in [0.15, 0.2) is 0 Å². The summed E-state index contributed by atoms with van der Waals surface area (Å²) in [7, 11) is 0. The van der Waals surface area contributed by atoms with Gasteiger partial charge in [0.2, 0.25) is 0 Å². The summed E-state index contributed by atoms with van der Waals surface area (Å²) in [5, 5.41) is 11.2. The topological polar surface area (TPSA) is 37.3 Å². The number of fused-ring (bicyclic) bond motifs is 5. The van der Waals surface area contributed by atoms with Gasteiger partial charge in [-0.25, -0.2) is 0 Å². The third-order valence-corrected chi connectivity index (χ3v) is 10.0. The van der Waals surface area contributed by atoms with Crippen LogP contribution in [0.1, 0.15) is 91.9 Å². The van der Waals surface area contributed by atoms with Gasteiger partial charge in [-0.05, 0) is 84.9 Å². The zero-order valence-corrected chi connectivity index (χ0v) is 17.5. The number of ketones is 1. The smallest absolute Gasteiger partial charge is 0.133 e. The van der Waals surface area contributed by atoms with Crippen molar-refractivity contribution >= 4 is 5.78 Å². The third-order valence-electron chi connectivity index (χ3n) is 10.0. The molecule has 4 saturated carbocycles. The molecule has 9 atom stereocenters. The van der Waals surface area contributed by atoms with Gasteiger partial charge in [0, 0.05) is 12.8 Å². The first-order chi connectivity index (χ1) is 12.3. The van der Waals surface area contributed by atoms with Crippen molar-refractivity contribution in [3.63, 3.8) is 0 Å². The molecule has 148 valence electrons. The third kappa shape index (κ3) is 2.65. The molecule has 0 saturated heterocycles. The highest BCUT2D eigenvalue weighted by molar-refractivity contribution is 5.79. The van der Waals surface area contributed by atoms with Gasteiger partial charge < -0.3 is 5.11 Å². The predicted molar refractivity (Wildman–Crippen MR) is 106 cm³/mol. The Balaban J connectivity index is 1.61. The molecule has 4 aliphatic rings. The monoisotopic (exact) mass is 360 g/mol. The number of aliphatic hydroxyl groups excluding tert-OH is 1. The molecule has 0 amide bonds. The molecule has 1 N–H and O–H groups in total. The van der Waals surface area contributed by atoms with Gasteiger partial charge in [0.15, 0.2) is 0 Å². The molecule has 0 spiro atoms. The van der Waals surface area contributed by atoms with Gasteiger partial charge in [-0.3, -0.25) is 4.79 Å². The Morgan fingerprint density at radius 3 is 2.58 bits per heavy atom. The van der Waals surface area contributed by atoms with Crippen LogP contribution in [0.4, 0.5) is 0 Å². The standard InChI is InChI=1S/C24H40O2/c1-5-6-15(2)18-7-8-19-22-20(10-12-24(18,19)4)23(3)11-9-17(25)13-16(23)14-21(22)26/h15-16,18-22,26H,5-14H2,1-4H3/t15-,16+,18-,19+,20+,21?,22+,23+,24-/m1/s1. The number of hydrogen-bond acceptors (Lipinski definition) is 2. The van der Waals surface area contributed by atoms with Crippen molar-refractivity contribution in [2.24, 2.45) is 46.3 Å². The fourth-order valence-electron chi connectivity index (χ4n) is 8.64. The van der Waals surface area contributed by atoms with E-state index in [-0.39, 0.29) is 6.10 Å². The van der Waals surface area contributed by atoms with Crippen LogP contribution in [-0.2, 0) is 4.79 Å². The predicted octanol–water partition coefficient (Wildman–Crippen LogP) is 5.62. The Labute approximate surface area is 160 Å². The molecule has 0 aromatic rings. The zero-order chi connectivity index (χ0) is 18.7. The molecule has 26 heavy (non-hydrogen) atoms. The Morgan fingerprint density at radius 1 is 1.12 bits per heavy atom. The van der Waals surface area contributed by atoms with Crippen LogP contribution in [0.5, 0.6) is 0 Å². The molecule has 0 aromatic carbocycles. The summed E-state index contributed by atoms with van der Waals surface area (Å²) in [6.07, 6.45) is 11.3. The van der Waals surface area contributed by atoms with Crippen LogP contribution in [0.3, 0.4) is 0 Å². The molecule has 0 heterocycles. The molecule has 0 bridgehead atoms. The maximum atomic E-state index is 12.1. The first-order valence-electron chi connectivity index (χ1n) is 11.5. The summed E-state index contributed by atoms with van der Waals surface area (Å²) >= 11 is 0. The van der Waals surface area contributed by atoms with Crippen LogP contribution < -0.4 is 0 Å². The Bertz CT molecular complexity index is 556. The van der Waals surface area contributed by atoms with E-state index in [1.54, 1.807) is 0 Å². The summed E-state index contributed by atoms with van der Waals surface area (Å²) in [4.78, 5) is 12.1. The highest BCUT2D eigenvalue weighted by Gasteiger charge is 2.62. The van der Waals surface area contributed by atoms with Crippen LogP contribution >= 0.6 is 0 Å². The van der Waals surface area contributed by atoms with E-state index in [1.165, 1.54) is 38.5 Å². The molecule has 0 radical (unpaired) electrons. The van der Waals surface area contributed by atoms with Crippen molar-refractivity contribution in [1.82, 2.24) is 0 Å². The Morgan fingerprint density at radius 2 is 1.85 bits per heavy atom.